The SMILES string of the molecule is C=C(C)CO[C@H]1[C@H](C)OC(=O)[C@H]([NH3+])COC[C@@H]1OCC(=C)C.[Cl-]. The minimum absolute atomic E-state index is 0. The van der Waals surface area contributed by atoms with Crippen molar-refractivity contribution in [3.63, 3.8) is 0 Å². The summed E-state index contributed by atoms with van der Waals surface area (Å²) < 4.78 is 22.6. The predicted molar refractivity (Wildman–Crippen MR) is 82.2 cm³/mol. The molecule has 23 heavy (non-hydrogen) atoms. The van der Waals surface area contributed by atoms with Crippen molar-refractivity contribution in [1.82, 2.24) is 0 Å². The maximum Gasteiger partial charge on any atom is 0.367 e. The van der Waals surface area contributed by atoms with Gasteiger partial charge < -0.3 is 37.1 Å². The summed E-state index contributed by atoms with van der Waals surface area (Å²) in [7, 11) is 0. The first-order chi connectivity index (χ1) is 10.3. The summed E-state index contributed by atoms with van der Waals surface area (Å²) in [6, 6.07) is -0.552. The van der Waals surface area contributed by atoms with E-state index in [1.165, 1.54) is 0 Å². The number of hydrogen-bond acceptors (Lipinski definition) is 5. The fraction of sp³-hybridized carbons (Fsp3) is 0.688. The number of cyclic esters (lactones) is 1. The van der Waals surface area contributed by atoms with Gasteiger partial charge in [0, 0.05) is 0 Å². The summed E-state index contributed by atoms with van der Waals surface area (Å²) in [6.45, 7) is 14.5. The Hall–Kier alpha value is -0.920. The maximum atomic E-state index is 11.9. The minimum atomic E-state index is -0.552. The van der Waals surface area contributed by atoms with E-state index in [1.54, 1.807) is 6.92 Å². The zero-order chi connectivity index (χ0) is 16.7. The van der Waals surface area contributed by atoms with Crippen molar-refractivity contribution in [2.24, 2.45) is 0 Å². The molecule has 3 N–H and O–H groups in total. The number of carbonyl (C=O) groups excluding carboxylic acids is 1. The van der Waals surface area contributed by atoms with E-state index in [4.69, 9.17) is 18.9 Å². The third kappa shape index (κ3) is 7.94. The molecule has 0 unspecified atom stereocenters. The number of carbonyl (C=O) groups is 1. The highest BCUT2D eigenvalue weighted by Gasteiger charge is 2.35. The van der Waals surface area contributed by atoms with E-state index in [1.807, 2.05) is 13.8 Å². The molecule has 7 heteroatoms. The largest absolute Gasteiger partial charge is 1.00 e. The van der Waals surface area contributed by atoms with Crippen LogP contribution < -0.4 is 18.1 Å². The number of esters is 1. The topological polar surface area (TPSA) is 81.6 Å². The lowest BCUT2D eigenvalue weighted by Crippen LogP contribution is -3.00. The number of quaternary nitrogens is 1. The number of halogens is 1. The first-order valence-electron chi connectivity index (χ1n) is 7.44. The summed E-state index contributed by atoms with van der Waals surface area (Å²) in [6.07, 6.45) is -1.26. The van der Waals surface area contributed by atoms with Crippen LogP contribution in [0.4, 0.5) is 0 Å². The van der Waals surface area contributed by atoms with Crippen molar-refractivity contribution in [3.8, 4) is 0 Å². The van der Waals surface area contributed by atoms with Crippen LogP contribution in [0.25, 0.3) is 0 Å². The second-order valence-corrected chi connectivity index (χ2v) is 5.92. The molecule has 0 aromatic carbocycles. The lowest BCUT2D eigenvalue weighted by atomic mass is 10.1. The van der Waals surface area contributed by atoms with Crippen LogP contribution in [-0.2, 0) is 23.7 Å². The summed E-state index contributed by atoms with van der Waals surface area (Å²) >= 11 is 0. The van der Waals surface area contributed by atoms with Crippen molar-refractivity contribution < 1.29 is 41.9 Å². The summed E-state index contributed by atoms with van der Waals surface area (Å²) in [5.41, 5.74) is 5.53. The van der Waals surface area contributed by atoms with E-state index < -0.39 is 24.2 Å². The van der Waals surface area contributed by atoms with Gasteiger partial charge in [-0.25, -0.2) is 4.79 Å². The molecule has 134 valence electrons. The Balaban J connectivity index is 0.00000484. The summed E-state index contributed by atoms with van der Waals surface area (Å²) in [4.78, 5) is 11.9. The van der Waals surface area contributed by atoms with Gasteiger partial charge in [0.1, 0.15) is 24.9 Å². The van der Waals surface area contributed by atoms with E-state index in [2.05, 4.69) is 18.9 Å². The smallest absolute Gasteiger partial charge is 0.367 e. The third-order valence-electron chi connectivity index (χ3n) is 3.13. The van der Waals surface area contributed by atoms with Crippen molar-refractivity contribution in [2.75, 3.05) is 26.4 Å². The standard InChI is InChI=1S/C16H27NO5.ClH/c1-10(2)6-20-14-9-19-8-13(17)16(18)22-12(5)15(14)21-7-11(3)4;/h12-15H,1,3,6-9,17H2,2,4-5H3;1H/t12-,13+,14-,15-;/m0./s1. The highest BCUT2D eigenvalue weighted by atomic mass is 35.5. The van der Waals surface area contributed by atoms with Crippen LogP contribution in [-0.4, -0.2) is 56.8 Å². The molecule has 0 radical (unpaired) electrons. The van der Waals surface area contributed by atoms with E-state index >= 15 is 0 Å². The summed E-state index contributed by atoms with van der Waals surface area (Å²) in [5.74, 6) is -0.392. The molecule has 4 atom stereocenters. The number of ether oxygens (including phenoxy) is 4. The van der Waals surface area contributed by atoms with Gasteiger partial charge in [-0.1, -0.05) is 24.3 Å². The van der Waals surface area contributed by atoms with Gasteiger partial charge in [-0.15, -0.1) is 0 Å². The Morgan fingerprint density at radius 2 is 1.78 bits per heavy atom. The summed E-state index contributed by atoms with van der Waals surface area (Å²) in [5, 5.41) is 0. The van der Waals surface area contributed by atoms with Crippen LogP contribution in [0.15, 0.2) is 24.3 Å². The molecule has 0 aromatic rings. The van der Waals surface area contributed by atoms with Gasteiger partial charge >= 0.3 is 5.97 Å². The van der Waals surface area contributed by atoms with Crippen molar-refractivity contribution in [3.05, 3.63) is 24.3 Å². The van der Waals surface area contributed by atoms with E-state index in [9.17, 15) is 4.79 Å². The molecule has 0 aliphatic carbocycles. The quantitative estimate of drug-likeness (QED) is 0.423. The maximum absolute atomic E-state index is 11.9. The van der Waals surface area contributed by atoms with Gasteiger partial charge in [-0.2, -0.15) is 0 Å². The van der Waals surface area contributed by atoms with Crippen LogP contribution in [0, 0.1) is 0 Å². The third-order valence-corrected chi connectivity index (χ3v) is 3.13. The molecule has 0 saturated carbocycles. The highest BCUT2D eigenvalue weighted by molar-refractivity contribution is 5.74. The van der Waals surface area contributed by atoms with Crippen LogP contribution in [0.3, 0.4) is 0 Å². The molecule has 0 spiro atoms. The van der Waals surface area contributed by atoms with Gasteiger partial charge in [0.15, 0.2) is 0 Å². The molecular formula is C16H28ClNO5. The molecule has 1 saturated heterocycles. The molecule has 0 amide bonds. The Labute approximate surface area is 144 Å². The van der Waals surface area contributed by atoms with Gasteiger partial charge in [-0.05, 0) is 20.8 Å². The van der Waals surface area contributed by atoms with E-state index in [0.29, 0.717) is 19.8 Å². The zero-order valence-corrected chi connectivity index (χ0v) is 14.9. The molecule has 1 heterocycles. The highest BCUT2D eigenvalue weighted by Crippen LogP contribution is 2.17. The average Bonchev–Trinajstić information content (AvgIpc) is 2.46. The minimum Gasteiger partial charge on any atom is -1.00 e. The molecule has 1 fully saturated rings. The normalized spacial score (nSPS) is 28.6. The van der Waals surface area contributed by atoms with Gasteiger partial charge in [-0.3, -0.25) is 0 Å². The predicted octanol–water partition coefficient (Wildman–Crippen LogP) is -2.51. The molecule has 1 rings (SSSR count). The van der Waals surface area contributed by atoms with Crippen LogP contribution in [0.1, 0.15) is 20.8 Å². The number of hydrogen-bond donors (Lipinski definition) is 1. The van der Waals surface area contributed by atoms with Crippen LogP contribution >= 0.6 is 0 Å². The van der Waals surface area contributed by atoms with Crippen LogP contribution in [0.5, 0.6) is 0 Å². The van der Waals surface area contributed by atoms with Crippen molar-refractivity contribution >= 4 is 5.97 Å². The Morgan fingerprint density at radius 1 is 1.22 bits per heavy atom. The fourth-order valence-electron chi connectivity index (χ4n) is 2.01. The van der Waals surface area contributed by atoms with Crippen LogP contribution in [0.2, 0.25) is 0 Å². The van der Waals surface area contributed by atoms with Gasteiger partial charge in [0.2, 0.25) is 6.04 Å². The Morgan fingerprint density at radius 3 is 2.35 bits per heavy atom. The Kier molecular flexibility index (Phi) is 10.3. The van der Waals surface area contributed by atoms with Gasteiger partial charge in [0.05, 0.1) is 19.8 Å². The molecular weight excluding hydrogens is 322 g/mol. The first kappa shape index (κ1) is 22.1. The second kappa shape index (κ2) is 10.8. The zero-order valence-electron chi connectivity index (χ0n) is 14.2. The fourth-order valence-corrected chi connectivity index (χ4v) is 2.01. The Bertz CT molecular complexity index is 415. The lowest BCUT2D eigenvalue weighted by molar-refractivity contribution is -0.415. The van der Waals surface area contributed by atoms with E-state index in [-0.39, 0.29) is 25.1 Å². The van der Waals surface area contributed by atoms with Crippen molar-refractivity contribution in [2.45, 2.75) is 45.1 Å². The molecule has 1 aliphatic heterocycles. The molecule has 0 aromatic heterocycles. The van der Waals surface area contributed by atoms with E-state index in [0.717, 1.165) is 11.1 Å². The lowest BCUT2D eigenvalue weighted by Gasteiger charge is -2.30. The average molecular weight is 350 g/mol. The monoisotopic (exact) mass is 349 g/mol. The molecule has 1 aliphatic rings. The second-order valence-electron chi connectivity index (χ2n) is 5.92. The van der Waals surface area contributed by atoms with Crippen molar-refractivity contribution in [1.29, 1.82) is 0 Å². The molecule has 0 bridgehead atoms. The van der Waals surface area contributed by atoms with Gasteiger partial charge in [0.25, 0.3) is 0 Å². The number of rotatable bonds is 6. The first-order valence-corrected chi connectivity index (χ1v) is 7.44. The molecule has 6 nitrogen and oxygen atoms in total.